The summed E-state index contributed by atoms with van der Waals surface area (Å²) in [6.45, 7) is 0. The van der Waals surface area contributed by atoms with Crippen LogP contribution < -0.4 is 5.73 Å². The van der Waals surface area contributed by atoms with Crippen LogP contribution in [0.4, 0.5) is 5.82 Å². The second-order valence-corrected chi connectivity index (χ2v) is 3.22. The van der Waals surface area contributed by atoms with Gasteiger partial charge >= 0.3 is 0 Å². The molecule has 0 saturated heterocycles. The first-order valence-corrected chi connectivity index (χ1v) is 4.74. The van der Waals surface area contributed by atoms with Gasteiger partial charge in [0.25, 0.3) is 5.89 Å². The van der Waals surface area contributed by atoms with Gasteiger partial charge in [0.15, 0.2) is 0 Å². The molecule has 0 bridgehead atoms. The first kappa shape index (κ1) is 9.46. The second-order valence-electron chi connectivity index (χ2n) is 3.22. The summed E-state index contributed by atoms with van der Waals surface area (Å²) in [5, 5.41) is 10.2. The molecule has 0 aliphatic carbocycles. The van der Waals surface area contributed by atoms with Crippen molar-refractivity contribution in [2.24, 2.45) is 0 Å². The Balaban J connectivity index is 2.02. The standard InChI is InChI=1S/C9H7N7O/c10-7-5(3-13-15-7)9-14-8(16-17-9)6-1-2-11-4-12-6/h1-4H,(H3,10,13,15). The molecule has 0 aliphatic rings. The first-order chi connectivity index (χ1) is 8.34. The van der Waals surface area contributed by atoms with E-state index >= 15 is 0 Å². The highest BCUT2D eigenvalue weighted by Gasteiger charge is 2.14. The van der Waals surface area contributed by atoms with Crippen LogP contribution in [0.1, 0.15) is 0 Å². The number of rotatable bonds is 2. The summed E-state index contributed by atoms with van der Waals surface area (Å²) >= 11 is 0. The van der Waals surface area contributed by atoms with Crippen molar-refractivity contribution in [2.45, 2.75) is 0 Å². The largest absolute Gasteiger partial charge is 0.383 e. The molecule has 3 aromatic rings. The van der Waals surface area contributed by atoms with Gasteiger partial charge in [-0.15, -0.1) is 0 Å². The Morgan fingerprint density at radius 2 is 2.29 bits per heavy atom. The molecule has 8 heteroatoms. The maximum atomic E-state index is 5.65. The molecule has 0 aromatic carbocycles. The summed E-state index contributed by atoms with van der Waals surface area (Å²) in [5.41, 5.74) is 6.80. The van der Waals surface area contributed by atoms with Gasteiger partial charge in [0.05, 0.1) is 6.20 Å². The van der Waals surface area contributed by atoms with Crippen molar-refractivity contribution in [3.63, 3.8) is 0 Å². The lowest BCUT2D eigenvalue weighted by Crippen LogP contribution is -1.88. The predicted octanol–water partition coefficient (Wildman–Crippen LogP) is 0.499. The van der Waals surface area contributed by atoms with Gasteiger partial charge in [-0.05, 0) is 6.07 Å². The highest BCUT2D eigenvalue weighted by Crippen LogP contribution is 2.23. The molecule has 3 heterocycles. The van der Waals surface area contributed by atoms with Crippen molar-refractivity contribution in [2.75, 3.05) is 5.73 Å². The van der Waals surface area contributed by atoms with Gasteiger partial charge in [0.2, 0.25) is 5.82 Å². The Hall–Kier alpha value is -2.77. The van der Waals surface area contributed by atoms with E-state index in [0.717, 1.165) is 0 Å². The third-order valence-electron chi connectivity index (χ3n) is 2.14. The normalized spacial score (nSPS) is 10.6. The molecule has 0 fully saturated rings. The number of nitrogens with one attached hydrogen (secondary N) is 1. The number of nitrogens with two attached hydrogens (primary N) is 1. The molecule has 0 saturated carbocycles. The van der Waals surface area contributed by atoms with E-state index in [2.05, 4.69) is 30.3 Å². The number of H-pyrrole nitrogens is 1. The fraction of sp³-hybridized carbons (Fsp3) is 0. The Morgan fingerprint density at radius 3 is 3.00 bits per heavy atom. The quantitative estimate of drug-likeness (QED) is 0.656. The minimum absolute atomic E-state index is 0.296. The number of anilines is 1. The second kappa shape index (κ2) is 3.67. The van der Waals surface area contributed by atoms with Gasteiger partial charge in [-0.3, -0.25) is 5.10 Å². The van der Waals surface area contributed by atoms with Gasteiger partial charge < -0.3 is 10.3 Å². The van der Waals surface area contributed by atoms with Gasteiger partial charge in [-0.25, -0.2) is 9.97 Å². The average molecular weight is 229 g/mol. The molecular formula is C9H7N7O. The van der Waals surface area contributed by atoms with Crippen LogP contribution in [0.2, 0.25) is 0 Å². The molecular weight excluding hydrogens is 222 g/mol. The zero-order valence-electron chi connectivity index (χ0n) is 8.53. The fourth-order valence-corrected chi connectivity index (χ4v) is 1.33. The van der Waals surface area contributed by atoms with Gasteiger partial charge in [-0.2, -0.15) is 10.1 Å². The number of nitrogen functional groups attached to an aromatic ring is 1. The van der Waals surface area contributed by atoms with E-state index in [9.17, 15) is 0 Å². The Bertz CT molecular complexity index is 630. The van der Waals surface area contributed by atoms with E-state index in [1.807, 2.05) is 0 Å². The summed E-state index contributed by atoms with van der Waals surface area (Å²) in [7, 11) is 0. The van der Waals surface area contributed by atoms with E-state index in [-0.39, 0.29) is 0 Å². The molecule has 84 valence electrons. The lowest BCUT2D eigenvalue weighted by molar-refractivity contribution is 0.432. The van der Waals surface area contributed by atoms with E-state index < -0.39 is 0 Å². The van der Waals surface area contributed by atoms with Gasteiger partial charge in [0, 0.05) is 6.20 Å². The highest BCUT2D eigenvalue weighted by atomic mass is 16.5. The average Bonchev–Trinajstić information content (AvgIpc) is 2.98. The van der Waals surface area contributed by atoms with E-state index in [4.69, 9.17) is 10.3 Å². The van der Waals surface area contributed by atoms with E-state index in [0.29, 0.717) is 28.8 Å². The topological polar surface area (TPSA) is 119 Å². The number of hydrogen-bond donors (Lipinski definition) is 2. The van der Waals surface area contributed by atoms with Crippen molar-refractivity contribution < 1.29 is 4.52 Å². The van der Waals surface area contributed by atoms with Crippen molar-refractivity contribution in [3.05, 3.63) is 24.8 Å². The van der Waals surface area contributed by atoms with Crippen LogP contribution >= 0.6 is 0 Å². The van der Waals surface area contributed by atoms with Gasteiger partial charge in [0.1, 0.15) is 23.4 Å². The molecule has 0 amide bonds. The van der Waals surface area contributed by atoms with E-state index in [1.54, 1.807) is 12.3 Å². The van der Waals surface area contributed by atoms with Crippen molar-refractivity contribution in [1.29, 1.82) is 0 Å². The Labute approximate surface area is 94.9 Å². The number of nitrogens with zero attached hydrogens (tertiary/aromatic N) is 5. The predicted molar refractivity (Wildman–Crippen MR) is 57.3 cm³/mol. The molecule has 0 unspecified atom stereocenters. The fourth-order valence-electron chi connectivity index (χ4n) is 1.33. The first-order valence-electron chi connectivity index (χ1n) is 4.74. The summed E-state index contributed by atoms with van der Waals surface area (Å²) in [4.78, 5) is 12.0. The highest BCUT2D eigenvalue weighted by molar-refractivity contribution is 5.66. The molecule has 0 aliphatic heterocycles. The van der Waals surface area contributed by atoms with Crippen LogP contribution in [-0.2, 0) is 0 Å². The molecule has 3 rings (SSSR count). The minimum atomic E-state index is 0.296. The third-order valence-corrected chi connectivity index (χ3v) is 2.14. The monoisotopic (exact) mass is 229 g/mol. The van der Waals surface area contributed by atoms with Crippen LogP contribution in [0, 0.1) is 0 Å². The molecule has 0 atom stereocenters. The smallest absolute Gasteiger partial charge is 0.263 e. The lowest BCUT2D eigenvalue weighted by Gasteiger charge is -1.89. The van der Waals surface area contributed by atoms with Crippen LogP contribution in [0.15, 0.2) is 29.3 Å². The Kier molecular flexibility index (Phi) is 2.04. The maximum absolute atomic E-state index is 5.65. The SMILES string of the molecule is Nc1[nH]ncc1-c1nc(-c2ccncn2)no1. The van der Waals surface area contributed by atoms with Crippen LogP contribution in [0.5, 0.6) is 0 Å². The summed E-state index contributed by atoms with van der Waals surface area (Å²) in [6.07, 6.45) is 4.54. The number of hydrogen-bond acceptors (Lipinski definition) is 7. The molecule has 8 nitrogen and oxygen atoms in total. The van der Waals surface area contributed by atoms with Gasteiger partial charge in [-0.1, -0.05) is 5.16 Å². The van der Waals surface area contributed by atoms with Crippen molar-refractivity contribution in [1.82, 2.24) is 30.3 Å². The maximum Gasteiger partial charge on any atom is 0.263 e. The summed E-state index contributed by atoms with van der Waals surface area (Å²) in [6, 6.07) is 1.69. The molecule has 3 aromatic heterocycles. The number of aromatic amines is 1. The van der Waals surface area contributed by atoms with Crippen LogP contribution in [0.3, 0.4) is 0 Å². The van der Waals surface area contributed by atoms with Crippen LogP contribution in [0.25, 0.3) is 23.0 Å². The molecule has 17 heavy (non-hydrogen) atoms. The van der Waals surface area contributed by atoms with Crippen molar-refractivity contribution >= 4 is 5.82 Å². The van der Waals surface area contributed by atoms with Crippen LogP contribution in [-0.4, -0.2) is 30.3 Å². The molecule has 3 N–H and O–H groups in total. The minimum Gasteiger partial charge on any atom is -0.383 e. The Morgan fingerprint density at radius 1 is 1.35 bits per heavy atom. The van der Waals surface area contributed by atoms with Crippen molar-refractivity contribution in [3.8, 4) is 23.0 Å². The third kappa shape index (κ3) is 1.61. The molecule has 0 radical (unpaired) electrons. The molecule has 0 spiro atoms. The number of aromatic nitrogens is 6. The zero-order chi connectivity index (χ0) is 11.7. The zero-order valence-corrected chi connectivity index (χ0v) is 8.53. The van der Waals surface area contributed by atoms with E-state index in [1.165, 1.54) is 12.5 Å². The lowest BCUT2D eigenvalue weighted by atomic mass is 10.3. The summed E-state index contributed by atoms with van der Waals surface area (Å²) < 4.78 is 5.08. The summed E-state index contributed by atoms with van der Waals surface area (Å²) in [5.74, 6) is 1.05.